The van der Waals surface area contributed by atoms with Gasteiger partial charge in [-0.2, -0.15) is 0 Å². The zero-order valence-electron chi connectivity index (χ0n) is 13.6. The van der Waals surface area contributed by atoms with Crippen LogP contribution in [0, 0.1) is 5.41 Å². The van der Waals surface area contributed by atoms with Gasteiger partial charge in [-0.3, -0.25) is 14.5 Å². The molecule has 2 aliphatic rings. The topological polar surface area (TPSA) is 78.7 Å². The number of piperidine rings is 1. The highest BCUT2D eigenvalue weighted by Crippen LogP contribution is 2.28. The van der Waals surface area contributed by atoms with E-state index in [2.05, 4.69) is 17.1 Å². The monoisotopic (exact) mass is 332 g/mol. The molecule has 0 aromatic heterocycles. The van der Waals surface area contributed by atoms with Crippen LogP contribution >= 0.6 is 12.4 Å². The molecule has 0 bridgehead atoms. The fourth-order valence-electron chi connectivity index (χ4n) is 3.33. The molecular formula is C15H29ClN4O2. The normalized spacial score (nSPS) is 29.0. The highest BCUT2D eigenvalue weighted by Gasteiger charge is 2.34. The second-order valence-corrected chi connectivity index (χ2v) is 6.85. The van der Waals surface area contributed by atoms with Gasteiger partial charge in [-0.1, -0.05) is 6.92 Å². The van der Waals surface area contributed by atoms with Crippen molar-refractivity contribution in [3.63, 3.8) is 0 Å². The van der Waals surface area contributed by atoms with Gasteiger partial charge in [0.05, 0.1) is 6.54 Å². The lowest BCUT2D eigenvalue weighted by atomic mass is 9.90. The molecular weight excluding hydrogens is 304 g/mol. The Hall–Kier alpha value is -0.850. The Morgan fingerprint density at radius 3 is 2.68 bits per heavy atom. The number of likely N-dealkylation sites (tertiary alicyclic amines) is 2. The largest absolute Gasteiger partial charge is 0.352 e. The highest BCUT2D eigenvalue weighted by molar-refractivity contribution is 5.85. The van der Waals surface area contributed by atoms with Gasteiger partial charge < -0.3 is 16.0 Å². The van der Waals surface area contributed by atoms with Crippen LogP contribution in [0.2, 0.25) is 0 Å². The van der Waals surface area contributed by atoms with Gasteiger partial charge in [-0.15, -0.1) is 12.4 Å². The summed E-state index contributed by atoms with van der Waals surface area (Å²) in [5.41, 5.74) is 5.96. The predicted octanol–water partition coefficient (Wildman–Crippen LogP) is 0.206. The number of nitrogens with one attached hydrogen (secondary N) is 1. The second kappa shape index (κ2) is 8.13. The predicted molar refractivity (Wildman–Crippen MR) is 88.9 cm³/mol. The molecule has 0 radical (unpaired) electrons. The highest BCUT2D eigenvalue weighted by atomic mass is 35.5. The lowest BCUT2D eigenvalue weighted by Gasteiger charge is -2.34. The zero-order valence-corrected chi connectivity index (χ0v) is 14.5. The molecule has 2 saturated heterocycles. The molecule has 22 heavy (non-hydrogen) atoms. The minimum atomic E-state index is -0.0208. The molecule has 0 aliphatic carbocycles. The maximum absolute atomic E-state index is 12.4. The number of carbonyl (C=O) groups excluding carboxylic acids is 2. The third-order valence-corrected chi connectivity index (χ3v) is 4.67. The van der Waals surface area contributed by atoms with Crippen LogP contribution in [0.5, 0.6) is 0 Å². The second-order valence-electron chi connectivity index (χ2n) is 6.85. The fraction of sp³-hybridized carbons (Fsp3) is 0.867. The quantitative estimate of drug-likeness (QED) is 0.771. The first-order valence-corrected chi connectivity index (χ1v) is 7.89. The van der Waals surface area contributed by atoms with E-state index in [9.17, 15) is 9.59 Å². The first-order chi connectivity index (χ1) is 9.92. The molecule has 2 aliphatic heterocycles. The smallest absolute Gasteiger partial charge is 0.236 e. The Kier molecular flexibility index (Phi) is 7.09. The molecule has 0 saturated carbocycles. The average Bonchev–Trinajstić information content (AvgIpc) is 2.80. The van der Waals surface area contributed by atoms with Crippen LogP contribution in [-0.2, 0) is 9.59 Å². The molecule has 2 amide bonds. The summed E-state index contributed by atoms with van der Waals surface area (Å²) in [7, 11) is 0. The van der Waals surface area contributed by atoms with Crippen molar-refractivity contribution >= 4 is 24.2 Å². The van der Waals surface area contributed by atoms with E-state index in [1.165, 1.54) is 6.92 Å². The lowest BCUT2D eigenvalue weighted by molar-refractivity contribution is -0.134. The van der Waals surface area contributed by atoms with E-state index in [0.717, 1.165) is 38.9 Å². The van der Waals surface area contributed by atoms with Gasteiger partial charge in [0.2, 0.25) is 11.8 Å². The van der Waals surface area contributed by atoms with Gasteiger partial charge in [0.1, 0.15) is 0 Å². The first-order valence-electron chi connectivity index (χ1n) is 7.89. The Balaban J connectivity index is 0.00000242. The summed E-state index contributed by atoms with van der Waals surface area (Å²) >= 11 is 0. The van der Waals surface area contributed by atoms with Crippen molar-refractivity contribution in [1.29, 1.82) is 0 Å². The molecule has 2 atom stereocenters. The maximum Gasteiger partial charge on any atom is 0.236 e. The van der Waals surface area contributed by atoms with Gasteiger partial charge in [-0.05, 0) is 37.8 Å². The average molecular weight is 333 g/mol. The van der Waals surface area contributed by atoms with E-state index < -0.39 is 0 Å². The number of hydrogen-bond donors (Lipinski definition) is 2. The number of nitrogens with zero attached hydrogens (tertiary/aromatic N) is 2. The molecule has 2 fully saturated rings. The van der Waals surface area contributed by atoms with Gasteiger partial charge in [0.15, 0.2) is 0 Å². The number of hydrogen-bond acceptors (Lipinski definition) is 4. The standard InChI is InChI=1S/C15H28N4O2.ClH/c1-12(20)17-13-4-3-6-19(8-13)14(21)9-18-7-5-15(2,10-16)11-18;/h13H,3-11,16H2,1-2H3,(H,17,20);1H. The van der Waals surface area contributed by atoms with Crippen LogP contribution in [0.15, 0.2) is 0 Å². The molecule has 0 aromatic rings. The zero-order chi connectivity index (χ0) is 15.5. The number of carbonyl (C=O) groups is 2. The van der Waals surface area contributed by atoms with Crippen LogP contribution < -0.4 is 11.1 Å². The molecule has 2 rings (SSSR count). The van der Waals surface area contributed by atoms with Crippen LogP contribution in [0.3, 0.4) is 0 Å². The summed E-state index contributed by atoms with van der Waals surface area (Å²) in [6.07, 6.45) is 2.97. The van der Waals surface area contributed by atoms with Crippen molar-refractivity contribution < 1.29 is 9.59 Å². The van der Waals surface area contributed by atoms with E-state index in [0.29, 0.717) is 19.6 Å². The minimum Gasteiger partial charge on any atom is -0.352 e. The summed E-state index contributed by atoms with van der Waals surface area (Å²) in [6.45, 7) is 8.15. The van der Waals surface area contributed by atoms with Crippen molar-refractivity contribution in [3.05, 3.63) is 0 Å². The first kappa shape index (κ1) is 19.2. The van der Waals surface area contributed by atoms with E-state index in [1.54, 1.807) is 0 Å². The summed E-state index contributed by atoms with van der Waals surface area (Å²) in [5, 5.41) is 2.92. The number of rotatable bonds is 4. The molecule has 0 spiro atoms. The molecule has 2 heterocycles. The minimum absolute atomic E-state index is 0. The lowest BCUT2D eigenvalue weighted by Crippen LogP contribution is -2.51. The maximum atomic E-state index is 12.4. The molecule has 0 aromatic carbocycles. The van der Waals surface area contributed by atoms with Crippen molar-refractivity contribution in [2.45, 2.75) is 39.2 Å². The van der Waals surface area contributed by atoms with Gasteiger partial charge in [0, 0.05) is 32.6 Å². The van der Waals surface area contributed by atoms with Crippen LogP contribution in [-0.4, -0.2) is 66.9 Å². The Bertz CT molecular complexity index is 407. The van der Waals surface area contributed by atoms with Crippen LogP contribution in [0.25, 0.3) is 0 Å². The number of amides is 2. The van der Waals surface area contributed by atoms with E-state index in [4.69, 9.17) is 5.73 Å². The summed E-state index contributed by atoms with van der Waals surface area (Å²) in [6, 6.07) is 0.105. The fourth-order valence-corrected chi connectivity index (χ4v) is 3.33. The summed E-state index contributed by atoms with van der Waals surface area (Å²) in [4.78, 5) is 27.7. The Morgan fingerprint density at radius 2 is 2.09 bits per heavy atom. The SMILES string of the molecule is CC(=O)NC1CCCN(C(=O)CN2CCC(C)(CN)C2)C1.Cl. The summed E-state index contributed by atoms with van der Waals surface area (Å²) < 4.78 is 0. The molecule has 3 N–H and O–H groups in total. The van der Waals surface area contributed by atoms with Gasteiger partial charge in [0.25, 0.3) is 0 Å². The Morgan fingerprint density at radius 1 is 1.36 bits per heavy atom. The van der Waals surface area contributed by atoms with Gasteiger partial charge in [-0.25, -0.2) is 0 Å². The van der Waals surface area contributed by atoms with Crippen molar-refractivity contribution in [3.8, 4) is 0 Å². The van der Waals surface area contributed by atoms with Gasteiger partial charge >= 0.3 is 0 Å². The van der Waals surface area contributed by atoms with E-state index >= 15 is 0 Å². The van der Waals surface area contributed by atoms with Crippen LogP contribution in [0.4, 0.5) is 0 Å². The molecule has 7 heteroatoms. The Labute approximate surface area is 139 Å². The number of nitrogens with two attached hydrogens (primary N) is 1. The van der Waals surface area contributed by atoms with E-state index in [1.807, 2.05) is 4.90 Å². The summed E-state index contributed by atoms with van der Waals surface area (Å²) in [5.74, 6) is 0.152. The van der Waals surface area contributed by atoms with Crippen molar-refractivity contribution in [2.75, 3.05) is 39.3 Å². The molecule has 2 unspecified atom stereocenters. The third kappa shape index (κ3) is 5.11. The number of halogens is 1. The van der Waals surface area contributed by atoms with E-state index in [-0.39, 0.29) is 35.7 Å². The third-order valence-electron chi connectivity index (χ3n) is 4.67. The van der Waals surface area contributed by atoms with Crippen LogP contribution in [0.1, 0.15) is 33.1 Å². The molecule has 128 valence electrons. The van der Waals surface area contributed by atoms with Crippen molar-refractivity contribution in [1.82, 2.24) is 15.1 Å². The van der Waals surface area contributed by atoms with Crippen molar-refractivity contribution in [2.24, 2.45) is 11.1 Å². The molecule has 6 nitrogen and oxygen atoms in total.